The summed E-state index contributed by atoms with van der Waals surface area (Å²) < 4.78 is 11.1. The summed E-state index contributed by atoms with van der Waals surface area (Å²) >= 11 is 0. The molecule has 1 atom stereocenters. The van der Waals surface area contributed by atoms with Crippen LogP contribution >= 0.6 is 0 Å². The van der Waals surface area contributed by atoms with E-state index in [9.17, 15) is 14.7 Å². The average Bonchev–Trinajstić information content (AvgIpc) is 3.24. The SMILES string of the molecule is CN1C(=O)[C@@H](NC(=O)c2cc(Cc3ccccc3)on2)COc2ccc(C#CC(C)(C)O)cc21. The molecule has 0 fully saturated rings. The van der Waals surface area contributed by atoms with Gasteiger partial charge in [-0.05, 0) is 37.6 Å². The Hall–Kier alpha value is -4.09. The van der Waals surface area contributed by atoms with Gasteiger partial charge in [-0.3, -0.25) is 9.59 Å². The summed E-state index contributed by atoms with van der Waals surface area (Å²) in [7, 11) is 1.61. The van der Waals surface area contributed by atoms with Gasteiger partial charge in [0.15, 0.2) is 5.69 Å². The first-order valence-corrected chi connectivity index (χ1v) is 10.8. The fourth-order valence-electron chi connectivity index (χ4n) is 3.44. The zero-order valence-corrected chi connectivity index (χ0v) is 19.2. The van der Waals surface area contributed by atoms with Crippen molar-refractivity contribution in [2.45, 2.75) is 31.9 Å². The van der Waals surface area contributed by atoms with Crippen LogP contribution in [0.5, 0.6) is 5.75 Å². The number of rotatable bonds is 4. The number of hydrogen-bond acceptors (Lipinski definition) is 6. The van der Waals surface area contributed by atoms with Crippen molar-refractivity contribution < 1.29 is 24.0 Å². The van der Waals surface area contributed by atoms with E-state index in [4.69, 9.17) is 9.26 Å². The Balaban J connectivity index is 1.46. The molecular formula is C26H25N3O5. The summed E-state index contributed by atoms with van der Waals surface area (Å²) in [6, 6.07) is 15.5. The van der Waals surface area contributed by atoms with Crippen LogP contribution in [0, 0.1) is 11.8 Å². The molecule has 0 aliphatic carbocycles. The molecule has 2 heterocycles. The fourth-order valence-corrected chi connectivity index (χ4v) is 3.44. The number of anilines is 1. The zero-order chi connectivity index (χ0) is 24.3. The van der Waals surface area contributed by atoms with E-state index in [2.05, 4.69) is 22.3 Å². The Kier molecular flexibility index (Phi) is 6.39. The van der Waals surface area contributed by atoms with Crippen molar-refractivity contribution in [3.8, 4) is 17.6 Å². The standard InChI is InChI=1S/C26H25N3O5/c1-26(2,32)12-11-18-9-10-23-22(14-18)29(3)25(31)21(16-33-23)27-24(30)20-15-19(34-28-20)13-17-7-5-4-6-8-17/h4-10,14-15,21,32H,13,16H2,1-3H3,(H,27,30)/t21-/m0/s1. The first-order chi connectivity index (χ1) is 16.2. The maximum atomic E-state index is 13.1. The van der Waals surface area contributed by atoms with E-state index < -0.39 is 17.6 Å². The molecule has 34 heavy (non-hydrogen) atoms. The third-order valence-electron chi connectivity index (χ3n) is 5.19. The minimum atomic E-state index is -1.14. The number of benzene rings is 2. The van der Waals surface area contributed by atoms with Crippen LogP contribution in [0.15, 0.2) is 59.1 Å². The number of likely N-dealkylation sites (N-methyl/N-ethyl adjacent to an activating group) is 1. The van der Waals surface area contributed by atoms with Gasteiger partial charge in [0.05, 0.1) is 5.69 Å². The van der Waals surface area contributed by atoms with Crippen LogP contribution in [0.25, 0.3) is 0 Å². The molecule has 8 nitrogen and oxygen atoms in total. The Labute approximate surface area is 197 Å². The topological polar surface area (TPSA) is 105 Å². The molecule has 0 radical (unpaired) electrons. The van der Waals surface area contributed by atoms with E-state index in [0.29, 0.717) is 29.2 Å². The first kappa shape index (κ1) is 23.1. The predicted molar refractivity (Wildman–Crippen MR) is 126 cm³/mol. The summed E-state index contributed by atoms with van der Waals surface area (Å²) in [5.74, 6) is 5.81. The predicted octanol–water partition coefficient (Wildman–Crippen LogP) is 2.54. The van der Waals surface area contributed by atoms with Crippen molar-refractivity contribution in [3.63, 3.8) is 0 Å². The van der Waals surface area contributed by atoms with E-state index in [0.717, 1.165) is 5.56 Å². The number of carbonyl (C=O) groups excluding carboxylic acids is 2. The number of aromatic nitrogens is 1. The van der Waals surface area contributed by atoms with Gasteiger partial charge in [0, 0.05) is 25.1 Å². The van der Waals surface area contributed by atoms with Crippen molar-refractivity contribution in [2.24, 2.45) is 0 Å². The second-order valence-corrected chi connectivity index (χ2v) is 8.57. The number of amides is 2. The van der Waals surface area contributed by atoms with Crippen LogP contribution in [0.1, 0.15) is 41.2 Å². The normalized spacial score (nSPS) is 15.5. The van der Waals surface area contributed by atoms with Crippen molar-refractivity contribution in [2.75, 3.05) is 18.6 Å². The molecule has 174 valence electrons. The van der Waals surface area contributed by atoms with Gasteiger partial charge in [0.1, 0.15) is 29.8 Å². The molecule has 1 aromatic heterocycles. The van der Waals surface area contributed by atoms with E-state index in [1.54, 1.807) is 45.2 Å². The number of nitrogens with zero attached hydrogens (tertiary/aromatic N) is 2. The average molecular weight is 460 g/mol. The molecule has 2 aromatic carbocycles. The Morgan fingerprint density at radius 3 is 2.74 bits per heavy atom. The summed E-state index contributed by atoms with van der Waals surface area (Å²) in [4.78, 5) is 27.2. The van der Waals surface area contributed by atoms with Crippen LogP contribution < -0.4 is 15.0 Å². The highest BCUT2D eigenvalue weighted by Crippen LogP contribution is 2.31. The van der Waals surface area contributed by atoms with E-state index in [1.165, 1.54) is 4.90 Å². The van der Waals surface area contributed by atoms with Crippen molar-refractivity contribution >= 4 is 17.5 Å². The maximum Gasteiger partial charge on any atom is 0.274 e. The lowest BCUT2D eigenvalue weighted by Crippen LogP contribution is -2.49. The second-order valence-electron chi connectivity index (χ2n) is 8.57. The number of aliphatic hydroxyl groups is 1. The molecule has 2 N–H and O–H groups in total. The quantitative estimate of drug-likeness (QED) is 0.581. The van der Waals surface area contributed by atoms with Crippen LogP contribution in [-0.4, -0.2) is 47.4 Å². The molecule has 3 aromatic rings. The molecule has 0 saturated carbocycles. The van der Waals surface area contributed by atoms with E-state index >= 15 is 0 Å². The lowest BCUT2D eigenvalue weighted by Gasteiger charge is -2.20. The highest BCUT2D eigenvalue weighted by Gasteiger charge is 2.31. The summed E-state index contributed by atoms with van der Waals surface area (Å²) in [6.45, 7) is 3.15. The van der Waals surface area contributed by atoms with Gasteiger partial charge < -0.3 is 24.6 Å². The van der Waals surface area contributed by atoms with Gasteiger partial charge in [-0.2, -0.15) is 0 Å². The number of fused-ring (bicyclic) bond motifs is 1. The summed E-state index contributed by atoms with van der Waals surface area (Å²) in [5, 5.41) is 16.4. The lowest BCUT2D eigenvalue weighted by molar-refractivity contribution is -0.120. The molecule has 8 heteroatoms. The van der Waals surface area contributed by atoms with Crippen LogP contribution in [0.4, 0.5) is 5.69 Å². The van der Waals surface area contributed by atoms with Gasteiger partial charge in [-0.15, -0.1) is 0 Å². The Bertz CT molecular complexity index is 1260. The van der Waals surface area contributed by atoms with Crippen molar-refractivity contribution in [1.82, 2.24) is 10.5 Å². The van der Waals surface area contributed by atoms with Crippen LogP contribution in [0.2, 0.25) is 0 Å². The molecule has 0 saturated heterocycles. The van der Waals surface area contributed by atoms with Crippen molar-refractivity contribution in [3.05, 3.63) is 77.2 Å². The van der Waals surface area contributed by atoms with Gasteiger partial charge in [-0.25, -0.2) is 0 Å². The number of carbonyl (C=O) groups is 2. The number of ether oxygens (including phenoxy) is 1. The smallest absolute Gasteiger partial charge is 0.274 e. The molecular weight excluding hydrogens is 434 g/mol. The molecule has 0 spiro atoms. The van der Waals surface area contributed by atoms with Gasteiger partial charge >= 0.3 is 0 Å². The van der Waals surface area contributed by atoms with Crippen LogP contribution in [-0.2, 0) is 11.2 Å². The number of nitrogens with one attached hydrogen (secondary N) is 1. The molecule has 0 bridgehead atoms. The third kappa shape index (κ3) is 5.45. The fraction of sp³-hybridized carbons (Fsp3) is 0.269. The third-order valence-corrected chi connectivity index (χ3v) is 5.19. The molecule has 1 aliphatic heterocycles. The largest absolute Gasteiger partial charge is 0.489 e. The minimum Gasteiger partial charge on any atom is -0.489 e. The summed E-state index contributed by atoms with van der Waals surface area (Å²) in [6.07, 6.45) is 0.503. The Morgan fingerprint density at radius 1 is 1.24 bits per heavy atom. The van der Waals surface area contributed by atoms with Gasteiger partial charge in [-0.1, -0.05) is 47.3 Å². The van der Waals surface area contributed by atoms with Crippen LogP contribution in [0.3, 0.4) is 0 Å². The van der Waals surface area contributed by atoms with E-state index in [-0.39, 0.29) is 18.2 Å². The minimum absolute atomic E-state index is 0.0364. The zero-order valence-electron chi connectivity index (χ0n) is 19.2. The van der Waals surface area contributed by atoms with E-state index in [1.807, 2.05) is 30.3 Å². The summed E-state index contributed by atoms with van der Waals surface area (Å²) in [5.41, 5.74) is 1.13. The van der Waals surface area contributed by atoms with Gasteiger partial charge in [0.25, 0.3) is 11.8 Å². The monoisotopic (exact) mass is 459 g/mol. The molecule has 2 amide bonds. The molecule has 0 unspecified atom stereocenters. The molecule has 4 rings (SSSR count). The number of hydrogen-bond donors (Lipinski definition) is 2. The molecule has 1 aliphatic rings. The second kappa shape index (κ2) is 9.41. The Morgan fingerprint density at radius 2 is 2.00 bits per heavy atom. The maximum absolute atomic E-state index is 13.1. The highest BCUT2D eigenvalue weighted by molar-refractivity contribution is 6.02. The first-order valence-electron chi connectivity index (χ1n) is 10.8. The van der Waals surface area contributed by atoms with Crippen molar-refractivity contribution in [1.29, 1.82) is 0 Å². The lowest BCUT2D eigenvalue weighted by atomic mass is 10.1. The highest BCUT2D eigenvalue weighted by atomic mass is 16.5. The van der Waals surface area contributed by atoms with Gasteiger partial charge in [0.2, 0.25) is 0 Å².